The molecule has 0 aliphatic carbocycles. The van der Waals surface area contributed by atoms with Gasteiger partial charge in [-0.2, -0.15) is 0 Å². The zero-order valence-corrected chi connectivity index (χ0v) is 21.5. The lowest BCUT2D eigenvalue weighted by atomic mass is 10.1. The third-order valence-corrected chi connectivity index (χ3v) is 6.76. The van der Waals surface area contributed by atoms with E-state index in [2.05, 4.69) is 17.8 Å². The molecule has 188 valence electrons. The van der Waals surface area contributed by atoms with E-state index in [-0.39, 0.29) is 24.8 Å². The van der Waals surface area contributed by atoms with Crippen LogP contribution in [0.15, 0.2) is 60.7 Å². The molecule has 1 atom stereocenters. The van der Waals surface area contributed by atoms with Gasteiger partial charge in [0.1, 0.15) is 6.61 Å². The fourth-order valence-electron chi connectivity index (χ4n) is 3.94. The van der Waals surface area contributed by atoms with E-state index in [4.69, 9.17) is 32.7 Å². The van der Waals surface area contributed by atoms with Gasteiger partial charge in [-0.05, 0) is 53.9 Å². The van der Waals surface area contributed by atoms with Crippen molar-refractivity contribution in [3.8, 4) is 11.5 Å². The summed E-state index contributed by atoms with van der Waals surface area (Å²) in [5.41, 5.74) is 9.08. The molecule has 0 unspecified atom stereocenters. The van der Waals surface area contributed by atoms with Crippen molar-refractivity contribution >= 4 is 46.4 Å². The number of hydrogen-bond acceptors (Lipinski definition) is 5. The Morgan fingerprint density at radius 3 is 2.44 bits per heavy atom. The summed E-state index contributed by atoms with van der Waals surface area (Å²) in [4.78, 5) is 26.9. The zero-order chi connectivity index (χ0) is 25.7. The van der Waals surface area contributed by atoms with Crippen LogP contribution in [0.2, 0.25) is 10.0 Å². The van der Waals surface area contributed by atoms with Crippen LogP contribution in [0.4, 0.5) is 11.4 Å². The predicted molar refractivity (Wildman–Crippen MR) is 142 cm³/mol. The average Bonchev–Trinajstić information content (AvgIpc) is 3.29. The van der Waals surface area contributed by atoms with Crippen molar-refractivity contribution in [2.24, 2.45) is 5.92 Å². The van der Waals surface area contributed by atoms with Crippen LogP contribution in [0.5, 0.6) is 11.5 Å². The van der Waals surface area contributed by atoms with E-state index >= 15 is 0 Å². The largest absolute Gasteiger partial charge is 0.493 e. The lowest BCUT2D eigenvalue weighted by Crippen LogP contribution is -2.36. The molecule has 1 aliphatic rings. The van der Waals surface area contributed by atoms with E-state index < -0.39 is 5.92 Å². The van der Waals surface area contributed by atoms with Gasteiger partial charge in [-0.1, -0.05) is 48.3 Å². The Balaban J connectivity index is 1.33. The molecule has 1 saturated heterocycles. The molecule has 2 amide bonds. The number of halogens is 2. The fourth-order valence-corrected chi connectivity index (χ4v) is 4.26. The molecule has 3 aromatic rings. The topological polar surface area (TPSA) is 79.9 Å². The van der Waals surface area contributed by atoms with E-state index in [0.29, 0.717) is 33.8 Å². The number of aryl methyl sites for hydroxylation is 1. The normalized spacial score (nSPS) is 15.1. The number of methoxy groups -OCH3 is 1. The molecule has 0 aromatic heterocycles. The Hall–Kier alpha value is -3.42. The number of amides is 2. The third kappa shape index (κ3) is 6.04. The number of hydrogen-bond donors (Lipinski definition) is 2. The summed E-state index contributed by atoms with van der Waals surface area (Å²) in [6.45, 7) is 2.70. The van der Waals surface area contributed by atoms with Gasteiger partial charge in [0.25, 0.3) is 0 Å². The van der Waals surface area contributed by atoms with E-state index in [9.17, 15) is 9.59 Å². The number of carbonyl (C=O) groups excluding carboxylic acids is 2. The molecule has 9 heteroatoms. The molecule has 0 bridgehead atoms. The summed E-state index contributed by atoms with van der Waals surface area (Å²) in [6.07, 6.45) is 1.09. The maximum absolute atomic E-state index is 12.7. The number of benzene rings is 3. The van der Waals surface area contributed by atoms with Crippen molar-refractivity contribution in [2.75, 3.05) is 24.0 Å². The number of carbonyl (C=O) groups is 2. The minimum absolute atomic E-state index is 0.0652. The number of nitrogens with zero attached hydrogens (tertiary/aromatic N) is 1. The zero-order valence-electron chi connectivity index (χ0n) is 20.0. The first-order valence-corrected chi connectivity index (χ1v) is 12.3. The highest BCUT2D eigenvalue weighted by atomic mass is 35.5. The molecule has 0 radical (unpaired) electrons. The summed E-state index contributed by atoms with van der Waals surface area (Å²) in [7, 11) is 1.54. The smallest absolute Gasteiger partial charge is 0.243 e. The van der Waals surface area contributed by atoms with Gasteiger partial charge in [-0.25, -0.2) is 0 Å². The second-order valence-corrected chi connectivity index (χ2v) is 9.26. The predicted octanol–water partition coefficient (Wildman–Crippen LogP) is 5.64. The number of nitrogens with one attached hydrogen (secondary N) is 2. The summed E-state index contributed by atoms with van der Waals surface area (Å²) in [5, 5.41) is 0.942. The van der Waals surface area contributed by atoms with Crippen LogP contribution in [0, 0.1) is 5.92 Å². The highest BCUT2D eigenvalue weighted by Crippen LogP contribution is 2.32. The molecular formula is C27H27Cl2N3O4. The molecule has 36 heavy (non-hydrogen) atoms. The summed E-state index contributed by atoms with van der Waals surface area (Å²) < 4.78 is 11.3. The van der Waals surface area contributed by atoms with Crippen molar-refractivity contribution in [3.05, 3.63) is 81.8 Å². The molecule has 3 aromatic carbocycles. The van der Waals surface area contributed by atoms with Crippen LogP contribution < -0.4 is 25.2 Å². The van der Waals surface area contributed by atoms with Gasteiger partial charge < -0.3 is 14.4 Å². The highest BCUT2D eigenvalue weighted by molar-refractivity contribution is 6.42. The molecule has 1 heterocycles. The molecule has 0 saturated carbocycles. The minimum Gasteiger partial charge on any atom is -0.493 e. The molecule has 7 nitrogen and oxygen atoms in total. The summed E-state index contributed by atoms with van der Waals surface area (Å²) in [6, 6.07) is 18.4. The number of anilines is 2. The standard InChI is InChI=1S/C27H27Cl2N3O4/c1-3-17-4-8-21(9-5-17)32-15-19(13-26(32)33)27(34)31-30-20-7-11-24(25(14-20)35-2)36-16-18-6-10-22(28)23(29)12-18/h4-12,14,19,30H,3,13,15-16H2,1-2H3,(H,31,34)/t19-/m0/s1. The van der Waals surface area contributed by atoms with Crippen molar-refractivity contribution in [3.63, 3.8) is 0 Å². The molecule has 1 aliphatic heterocycles. The van der Waals surface area contributed by atoms with Gasteiger partial charge in [0.05, 0.1) is 28.8 Å². The maximum atomic E-state index is 12.7. The average molecular weight is 528 g/mol. The molecule has 0 spiro atoms. The first kappa shape index (κ1) is 25.7. The number of rotatable bonds is 9. The van der Waals surface area contributed by atoms with Crippen LogP contribution in [0.3, 0.4) is 0 Å². The Morgan fingerprint density at radius 2 is 1.75 bits per heavy atom. The first-order valence-electron chi connectivity index (χ1n) is 11.6. The van der Waals surface area contributed by atoms with E-state index in [1.54, 1.807) is 35.2 Å². The Morgan fingerprint density at radius 1 is 1.00 bits per heavy atom. The van der Waals surface area contributed by atoms with Gasteiger partial charge in [-0.15, -0.1) is 0 Å². The minimum atomic E-state index is -0.452. The van der Waals surface area contributed by atoms with Gasteiger partial charge in [0.2, 0.25) is 11.8 Å². The van der Waals surface area contributed by atoms with Gasteiger partial charge in [0.15, 0.2) is 11.5 Å². The van der Waals surface area contributed by atoms with E-state index in [0.717, 1.165) is 17.7 Å². The quantitative estimate of drug-likeness (QED) is 0.352. The van der Waals surface area contributed by atoms with E-state index in [1.807, 2.05) is 30.3 Å². The molecule has 1 fully saturated rings. The van der Waals surface area contributed by atoms with Gasteiger partial charge in [0, 0.05) is 24.7 Å². The van der Waals surface area contributed by atoms with Crippen molar-refractivity contribution in [1.29, 1.82) is 0 Å². The number of ether oxygens (including phenoxy) is 2. The van der Waals surface area contributed by atoms with Crippen LogP contribution in [-0.4, -0.2) is 25.5 Å². The SMILES string of the molecule is CCc1ccc(N2C[C@@H](C(=O)NNc3ccc(OCc4ccc(Cl)c(Cl)c4)c(OC)c3)CC2=O)cc1. The van der Waals surface area contributed by atoms with Crippen molar-refractivity contribution < 1.29 is 19.1 Å². The molecule has 4 rings (SSSR count). The Bertz CT molecular complexity index is 1250. The summed E-state index contributed by atoms with van der Waals surface area (Å²) >= 11 is 12.0. The lowest BCUT2D eigenvalue weighted by molar-refractivity contribution is -0.125. The second kappa shape index (κ2) is 11.5. The van der Waals surface area contributed by atoms with Crippen LogP contribution >= 0.6 is 23.2 Å². The monoisotopic (exact) mass is 527 g/mol. The van der Waals surface area contributed by atoms with Crippen LogP contribution in [-0.2, 0) is 22.6 Å². The van der Waals surface area contributed by atoms with Gasteiger partial charge >= 0.3 is 0 Å². The molecular weight excluding hydrogens is 501 g/mol. The van der Waals surface area contributed by atoms with Crippen molar-refractivity contribution in [1.82, 2.24) is 5.43 Å². The van der Waals surface area contributed by atoms with Gasteiger partial charge in [-0.3, -0.25) is 20.4 Å². The highest BCUT2D eigenvalue weighted by Gasteiger charge is 2.35. The van der Waals surface area contributed by atoms with Crippen molar-refractivity contribution in [2.45, 2.75) is 26.4 Å². The fraction of sp³-hybridized carbons (Fsp3) is 0.259. The first-order chi connectivity index (χ1) is 17.4. The van der Waals surface area contributed by atoms with Crippen LogP contribution in [0.25, 0.3) is 0 Å². The van der Waals surface area contributed by atoms with E-state index in [1.165, 1.54) is 12.7 Å². The Kier molecular flexibility index (Phi) is 8.23. The lowest BCUT2D eigenvalue weighted by Gasteiger charge is -2.18. The summed E-state index contributed by atoms with van der Waals surface area (Å²) in [5.74, 6) is 0.254. The third-order valence-electron chi connectivity index (χ3n) is 6.02. The number of hydrazine groups is 1. The Labute approximate surface area is 220 Å². The second-order valence-electron chi connectivity index (χ2n) is 8.44. The maximum Gasteiger partial charge on any atom is 0.243 e. The molecule has 2 N–H and O–H groups in total. The van der Waals surface area contributed by atoms with Crippen LogP contribution in [0.1, 0.15) is 24.5 Å².